The molecule has 4 nitrogen and oxygen atoms in total. The lowest BCUT2D eigenvalue weighted by Gasteiger charge is -2.13. The Hall–Kier alpha value is -1.20. The van der Waals surface area contributed by atoms with Crippen LogP contribution in [-0.4, -0.2) is 23.5 Å². The Morgan fingerprint density at radius 3 is 2.59 bits per heavy atom. The lowest BCUT2D eigenvalue weighted by Crippen LogP contribution is -2.34. The molecule has 0 radical (unpaired) electrons. The number of hydrogen-bond acceptors (Lipinski definition) is 4. The van der Waals surface area contributed by atoms with Crippen LogP contribution in [0.5, 0.6) is 0 Å². The van der Waals surface area contributed by atoms with Gasteiger partial charge in [-0.3, -0.25) is 10.6 Å². The zero-order valence-electron chi connectivity index (χ0n) is 10.2. The van der Waals surface area contributed by atoms with Gasteiger partial charge in [-0.1, -0.05) is 6.92 Å². The van der Waals surface area contributed by atoms with Crippen LogP contribution in [0, 0.1) is 0 Å². The van der Waals surface area contributed by atoms with Gasteiger partial charge < -0.3 is 10.7 Å². The molecule has 4 N–H and O–H groups in total. The topological polar surface area (TPSA) is 67.2 Å². The number of hydrogen-bond donors (Lipinski definition) is 3. The smallest absolute Gasteiger partial charge is 0.251 e. The van der Waals surface area contributed by atoms with Crippen LogP contribution in [0.3, 0.4) is 0 Å². The van der Waals surface area contributed by atoms with E-state index in [1.807, 2.05) is 18.7 Å². The number of benzene rings is 1. The van der Waals surface area contributed by atoms with E-state index >= 15 is 0 Å². The third-order valence-electron chi connectivity index (χ3n) is 2.26. The molecule has 0 saturated carbocycles. The molecular weight excluding hydrogens is 234 g/mol. The summed E-state index contributed by atoms with van der Waals surface area (Å²) in [6, 6.07) is 7.24. The number of hydrazine groups is 1. The van der Waals surface area contributed by atoms with Gasteiger partial charge in [-0.2, -0.15) is 11.8 Å². The van der Waals surface area contributed by atoms with Gasteiger partial charge in [-0.15, -0.1) is 0 Å². The number of thioether (sulfide) groups is 1. The van der Waals surface area contributed by atoms with E-state index in [0.29, 0.717) is 5.56 Å². The van der Waals surface area contributed by atoms with Crippen LogP contribution in [-0.2, 0) is 0 Å². The number of rotatable bonds is 6. The minimum Gasteiger partial charge on any atom is -0.349 e. The lowest BCUT2D eigenvalue weighted by atomic mass is 10.2. The minimum atomic E-state index is -0.0437. The van der Waals surface area contributed by atoms with Gasteiger partial charge in [0.1, 0.15) is 0 Å². The normalized spacial score (nSPS) is 11.9. The quantitative estimate of drug-likeness (QED) is 0.534. The van der Waals surface area contributed by atoms with Crippen LogP contribution in [0.2, 0.25) is 0 Å². The molecule has 1 unspecified atom stereocenters. The van der Waals surface area contributed by atoms with Crippen LogP contribution in [0.4, 0.5) is 5.69 Å². The second kappa shape index (κ2) is 7.19. The predicted octanol–water partition coefficient (Wildman–Crippen LogP) is 1.84. The van der Waals surface area contributed by atoms with Crippen LogP contribution in [0.1, 0.15) is 24.2 Å². The Morgan fingerprint density at radius 2 is 2.06 bits per heavy atom. The molecule has 1 amide bonds. The molecule has 0 aliphatic heterocycles. The van der Waals surface area contributed by atoms with E-state index in [1.54, 1.807) is 24.3 Å². The highest BCUT2D eigenvalue weighted by atomic mass is 32.2. The van der Waals surface area contributed by atoms with Gasteiger partial charge in [0.15, 0.2) is 0 Å². The Kier molecular flexibility index (Phi) is 5.86. The summed E-state index contributed by atoms with van der Waals surface area (Å²) in [6.07, 6.45) is 0. The SMILES string of the molecule is CCSCC(C)NC(=O)c1ccc(NN)cc1. The minimum absolute atomic E-state index is 0.0437. The maximum absolute atomic E-state index is 11.8. The third kappa shape index (κ3) is 4.66. The fourth-order valence-electron chi connectivity index (χ4n) is 1.36. The first-order chi connectivity index (χ1) is 8.17. The maximum atomic E-state index is 11.8. The van der Waals surface area contributed by atoms with Gasteiger partial charge in [-0.05, 0) is 36.9 Å². The highest BCUT2D eigenvalue weighted by Gasteiger charge is 2.09. The van der Waals surface area contributed by atoms with E-state index in [0.717, 1.165) is 17.2 Å². The van der Waals surface area contributed by atoms with Crippen molar-refractivity contribution >= 4 is 23.4 Å². The van der Waals surface area contributed by atoms with Gasteiger partial charge in [0.25, 0.3) is 5.91 Å². The molecular formula is C12H19N3OS. The van der Waals surface area contributed by atoms with Gasteiger partial charge >= 0.3 is 0 Å². The first kappa shape index (κ1) is 13.9. The monoisotopic (exact) mass is 253 g/mol. The Labute approximate surface area is 106 Å². The average Bonchev–Trinajstić information content (AvgIpc) is 2.36. The van der Waals surface area contributed by atoms with E-state index in [-0.39, 0.29) is 11.9 Å². The van der Waals surface area contributed by atoms with Crippen LogP contribution < -0.4 is 16.6 Å². The van der Waals surface area contributed by atoms with Crippen molar-refractivity contribution in [2.45, 2.75) is 19.9 Å². The van der Waals surface area contributed by atoms with Crippen molar-refractivity contribution in [2.24, 2.45) is 5.84 Å². The number of nitrogens with two attached hydrogens (primary N) is 1. The van der Waals surface area contributed by atoms with Crippen molar-refractivity contribution in [3.05, 3.63) is 29.8 Å². The molecule has 1 aromatic rings. The summed E-state index contributed by atoms with van der Waals surface area (Å²) in [5.74, 6) is 7.22. The first-order valence-corrected chi connectivity index (χ1v) is 6.78. The summed E-state index contributed by atoms with van der Waals surface area (Å²) in [6.45, 7) is 4.12. The van der Waals surface area contributed by atoms with Crippen LogP contribution in [0.15, 0.2) is 24.3 Å². The first-order valence-electron chi connectivity index (χ1n) is 5.62. The van der Waals surface area contributed by atoms with Crippen molar-refractivity contribution in [1.82, 2.24) is 5.32 Å². The van der Waals surface area contributed by atoms with E-state index in [1.165, 1.54) is 0 Å². The second-order valence-corrected chi connectivity index (χ2v) is 5.07. The van der Waals surface area contributed by atoms with Crippen molar-refractivity contribution in [1.29, 1.82) is 0 Å². The van der Waals surface area contributed by atoms with E-state index < -0.39 is 0 Å². The summed E-state index contributed by atoms with van der Waals surface area (Å²) >= 11 is 1.82. The summed E-state index contributed by atoms with van der Waals surface area (Å²) < 4.78 is 0. The summed E-state index contributed by atoms with van der Waals surface area (Å²) in [5, 5.41) is 2.96. The molecule has 0 spiro atoms. The van der Waals surface area contributed by atoms with Gasteiger partial charge in [0.2, 0.25) is 0 Å². The molecule has 17 heavy (non-hydrogen) atoms. The Balaban J connectivity index is 2.51. The van der Waals surface area contributed by atoms with Crippen LogP contribution in [0.25, 0.3) is 0 Å². The van der Waals surface area contributed by atoms with Gasteiger partial charge in [-0.25, -0.2) is 0 Å². The fraction of sp³-hybridized carbons (Fsp3) is 0.417. The van der Waals surface area contributed by atoms with Crippen molar-refractivity contribution in [3.8, 4) is 0 Å². The summed E-state index contributed by atoms with van der Waals surface area (Å²) in [5.41, 5.74) is 3.97. The van der Waals surface area contributed by atoms with Crippen molar-refractivity contribution in [3.63, 3.8) is 0 Å². The maximum Gasteiger partial charge on any atom is 0.251 e. The highest BCUT2D eigenvalue weighted by molar-refractivity contribution is 7.99. The average molecular weight is 253 g/mol. The Bertz CT molecular complexity index is 353. The van der Waals surface area contributed by atoms with Crippen molar-refractivity contribution in [2.75, 3.05) is 16.9 Å². The summed E-state index contributed by atoms with van der Waals surface area (Å²) in [4.78, 5) is 11.8. The number of nitrogens with one attached hydrogen (secondary N) is 2. The number of amides is 1. The summed E-state index contributed by atoms with van der Waals surface area (Å²) in [7, 11) is 0. The largest absolute Gasteiger partial charge is 0.349 e. The van der Waals surface area contributed by atoms with E-state index in [4.69, 9.17) is 5.84 Å². The molecule has 0 heterocycles. The number of nitrogen functional groups attached to an aromatic ring is 1. The van der Waals surface area contributed by atoms with Crippen molar-refractivity contribution < 1.29 is 4.79 Å². The van der Waals surface area contributed by atoms with Gasteiger partial charge in [0, 0.05) is 23.0 Å². The lowest BCUT2D eigenvalue weighted by molar-refractivity contribution is 0.0944. The molecule has 94 valence electrons. The molecule has 0 aliphatic rings. The molecule has 5 heteroatoms. The molecule has 0 aliphatic carbocycles. The number of carbonyl (C=O) groups is 1. The molecule has 1 atom stereocenters. The van der Waals surface area contributed by atoms with Crippen LogP contribution >= 0.6 is 11.8 Å². The third-order valence-corrected chi connectivity index (χ3v) is 3.41. The Morgan fingerprint density at radius 1 is 1.41 bits per heavy atom. The fourth-order valence-corrected chi connectivity index (χ4v) is 2.03. The number of anilines is 1. The predicted molar refractivity (Wildman–Crippen MR) is 74.2 cm³/mol. The molecule has 1 rings (SSSR count). The molecule has 0 saturated heterocycles. The molecule has 1 aromatic carbocycles. The standard InChI is InChI=1S/C12H19N3OS/c1-3-17-8-9(2)14-12(16)10-4-6-11(15-13)7-5-10/h4-7,9,15H,3,8,13H2,1-2H3,(H,14,16). The van der Waals surface area contributed by atoms with E-state index in [9.17, 15) is 4.79 Å². The molecule has 0 aromatic heterocycles. The number of carbonyl (C=O) groups excluding carboxylic acids is 1. The highest BCUT2D eigenvalue weighted by Crippen LogP contribution is 2.08. The van der Waals surface area contributed by atoms with Gasteiger partial charge in [0.05, 0.1) is 0 Å². The molecule has 0 fully saturated rings. The zero-order valence-corrected chi connectivity index (χ0v) is 11.0. The van der Waals surface area contributed by atoms with E-state index in [2.05, 4.69) is 17.7 Å². The second-order valence-electron chi connectivity index (χ2n) is 3.76. The molecule has 0 bridgehead atoms. The zero-order chi connectivity index (χ0) is 12.7.